The Labute approximate surface area is 273 Å². The van der Waals surface area contributed by atoms with Crippen molar-refractivity contribution in [1.82, 2.24) is 14.5 Å². The van der Waals surface area contributed by atoms with Gasteiger partial charge in [-0.25, -0.2) is 4.98 Å². The number of nitrogens with zero attached hydrogens (tertiary/aromatic N) is 3. The van der Waals surface area contributed by atoms with Crippen molar-refractivity contribution in [1.29, 1.82) is 0 Å². The van der Waals surface area contributed by atoms with Crippen molar-refractivity contribution >= 4 is 99.1 Å². The second-order valence-electron chi connectivity index (χ2n) is 11.3. The van der Waals surface area contributed by atoms with E-state index in [2.05, 4.69) is 65.6 Å². The Morgan fingerprint density at radius 3 is 1.65 bits per heavy atom. The first kappa shape index (κ1) is 28.3. The third-order valence-electron chi connectivity index (χ3n) is 8.72. The fourth-order valence-corrected chi connectivity index (χ4v) is 6.54. The minimum absolute atomic E-state index is 0.165. The highest BCUT2D eigenvalue weighted by molar-refractivity contribution is 6.68. The van der Waals surface area contributed by atoms with E-state index in [0.29, 0.717) is 11.5 Å². The Balaban J connectivity index is 1.51. The zero-order valence-corrected chi connectivity index (χ0v) is 24.8. The van der Waals surface area contributed by atoms with Crippen molar-refractivity contribution in [2.45, 2.75) is 0 Å². The third-order valence-corrected chi connectivity index (χ3v) is 8.72. The number of benzene rings is 6. The Morgan fingerprint density at radius 2 is 1.02 bits per heavy atom. The molecule has 2 heterocycles. The topological polar surface area (TPSA) is 30.7 Å². The maximum absolute atomic E-state index is 6.68. The lowest BCUT2D eigenvalue weighted by Gasteiger charge is -2.24. The van der Waals surface area contributed by atoms with Crippen LogP contribution in [0.2, 0.25) is 0 Å². The summed E-state index contributed by atoms with van der Waals surface area (Å²) in [5, 5.41) is 4.18. The van der Waals surface area contributed by atoms with Gasteiger partial charge in [0.2, 0.25) is 0 Å². The lowest BCUT2D eigenvalue weighted by molar-refractivity contribution is 1.13. The number of para-hydroxylation sites is 2. The van der Waals surface area contributed by atoms with Crippen LogP contribution >= 0.6 is 0 Å². The standard InChI is InChI=1S/C38H20B5N3/c39-32-33(40)35(42)37(36(43)34(32)41)46-29-18-6-5-17-28(29)45-38(46)31-25-14-3-1-12-23(25)30(24-13-2-4-15-26(24)31)22-11-9-10-21(20-22)27-16-7-8-19-44-27/h1-20H. The molecule has 0 spiro atoms. The molecule has 46 heavy (non-hydrogen) atoms. The van der Waals surface area contributed by atoms with E-state index in [4.69, 9.17) is 44.2 Å². The van der Waals surface area contributed by atoms with Crippen LogP contribution in [0, 0.1) is 0 Å². The molecule has 0 aliphatic rings. The number of imidazole rings is 1. The maximum atomic E-state index is 6.68. The SMILES string of the molecule is [B]c1c([B])c([B])c(-n2c(-c3c4ccccc4c(-c4cccc(-c5ccccn5)c4)c4ccccc34)nc3ccccc32)c([B])c1[B]. The van der Waals surface area contributed by atoms with E-state index in [1.807, 2.05) is 65.4 Å². The molecule has 10 radical (unpaired) electrons. The molecule has 8 aromatic rings. The molecule has 0 bridgehead atoms. The Hall–Kier alpha value is -5.22. The molecule has 0 aliphatic heterocycles. The highest BCUT2D eigenvalue weighted by Crippen LogP contribution is 2.44. The molecule has 2 aromatic heterocycles. The summed E-state index contributed by atoms with van der Waals surface area (Å²) in [7, 11) is 32.3. The molecule has 8 heteroatoms. The number of hydrogen-bond donors (Lipinski definition) is 0. The first-order chi connectivity index (χ1) is 22.4. The molecule has 0 atom stereocenters. The number of aromatic nitrogens is 3. The molecular formula is C38H20B5N3. The highest BCUT2D eigenvalue weighted by atomic mass is 15.1. The summed E-state index contributed by atoms with van der Waals surface area (Å²) in [6.07, 6.45) is 1.81. The number of fused-ring (bicyclic) bond motifs is 3. The smallest absolute Gasteiger partial charge is 0.146 e. The van der Waals surface area contributed by atoms with Crippen LogP contribution < -0.4 is 27.3 Å². The van der Waals surface area contributed by atoms with Gasteiger partial charge in [-0.1, -0.05) is 95.9 Å². The summed E-state index contributed by atoms with van der Waals surface area (Å²) in [6, 6.07) is 39.1. The normalized spacial score (nSPS) is 11.5. The molecular weight excluding hydrogens is 552 g/mol. The van der Waals surface area contributed by atoms with Crippen LogP contribution in [-0.4, -0.2) is 53.8 Å². The van der Waals surface area contributed by atoms with Crippen molar-refractivity contribution in [3.8, 4) is 39.5 Å². The Kier molecular flexibility index (Phi) is 6.76. The van der Waals surface area contributed by atoms with Gasteiger partial charge in [-0.05, 0) is 63.0 Å². The van der Waals surface area contributed by atoms with E-state index < -0.39 is 0 Å². The van der Waals surface area contributed by atoms with Crippen LogP contribution in [0.1, 0.15) is 0 Å². The van der Waals surface area contributed by atoms with E-state index in [0.717, 1.165) is 60.5 Å². The first-order valence-electron chi connectivity index (χ1n) is 14.9. The average molecular weight is 573 g/mol. The quantitative estimate of drug-likeness (QED) is 0.238. The fourth-order valence-electron chi connectivity index (χ4n) is 6.54. The summed E-state index contributed by atoms with van der Waals surface area (Å²) >= 11 is 0. The van der Waals surface area contributed by atoms with Crippen LogP contribution in [0.15, 0.2) is 121 Å². The molecule has 0 saturated carbocycles. The Bertz CT molecular complexity index is 2400. The van der Waals surface area contributed by atoms with Gasteiger partial charge in [0.1, 0.15) is 45.1 Å². The second kappa shape index (κ2) is 11.0. The van der Waals surface area contributed by atoms with Crippen molar-refractivity contribution in [3.63, 3.8) is 0 Å². The molecule has 0 unspecified atom stereocenters. The predicted molar refractivity (Wildman–Crippen MR) is 197 cm³/mol. The minimum Gasteiger partial charge on any atom is -0.294 e. The molecule has 0 N–H and O–H groups in total. The maximum Gasteiger partial charge on any atom is 0.146 e. The molecule has 0 fully saturated rings. The first-order valence-corrected chi connectivity index (χ1v) is 14.9. The van der Waals surface area contributed by atoms with E-state index in [-0.39, 0.29) is 27.3 Å². The molecule has 3 nitrogen and oxygen atoms in total. The number of rotatable bonds is 4. The minimum atomic E-state index is 0.165. The van der Waals surface area contributed by atoms with Gasteiger partial charge in [0.25, 0.3) is 0 Å². The van der Waals surface area contributed by atoms with Gasteiger partial charge in [0.15, 0.2) is 0 Å². The van der Waals surface area contributed by atoms with Crippen LogP contribution in [0.3, 0.4) is 0 Å². The van der Waals surface area contributed by atoms with Crippen LogP contribution in [0.25, 0.3) is 72.0 Å². The van der Waals surface area contributed by atoms with Crippen molar-refractivity contribution < 1.29 is 0 Å². The van der Waals surface area contributed by atoms with E-state index in [9.17, 15) is 0 Å². The molecule has 0 amide bonds. The number of pyridine rings is 1. The zero-order chi connectivity index (χ0) is 31.5. The van der Waals surface area contributed by atoms with Gasteiger partial charge >= 0.3 is 0 Å². The molecule has 6 aromatic carbocycles. The number of hydrogen-bond acceptors (Lipinski definition) is 2. The van der Waals surface area contributed by atoms with E-state index >= 15 is 0 Å². The highest BCUT2D eigenvalue weighted by Gasteiger charge is 2.24. The summed E-state index contributed by atoms with van der Waals surface area (Å²) in [4.78, 5) is 9.81. The zero-order valence-electron chi connectivity index (χ0n) is 24.8. The van der Waals surface area contributed by atoms with Crippen molar-refractivity contribution in [2.75, 3.05) is 0 Å². The van der Waals surface area contributed by atoms with Gasteiger partial charge in [0, 0.05) is 23.0 Å². The van der Waals surface area contributed by atoms with Crippen LogP contribution in [-0.2, 0) is 0 Å². The van der Waals surface area contributed by atoms with Crippen LogP contribution in [0.4, 0.5) is 0 Å². The lowest BCUT2D eigenvalue weighted by Crippen LogP contribution is -2.56. The summed E-state index contributed by atoms with van der Waals surface area (Å²) in [5.41, 5.74) is 8.14. The van der Waals surface area contributed by atoms with Crippen LogP contribution in [0.5, 0.6) is 0 Å². The summed E-state index contributed by atoms with van der Waals surface area (Å²) < 4.78 is 1.96. The molecule has 202 valence electrons. The molecule has 0 saturated heterocycles. The average Bonchev–Trinajstić information content (AvgIpc) is 3.48. The summed E-state index contributed by atoms with van der Waals surface area (Å²) in [6.45, 7) is 0. The van der Waals surface area contributed by atoms with Gasteiger partial charge in [-0.3, -0.25) is 9.55 Å². The fraction of sp³-hybridized carbons (Fsp3) is 0. The second-order valence-corrected chi connectivity index (χ2v) is 11.3. The van der Waals surface area contributed by atoms with E-state index in [1.54, 1.807) is 0 Å². The van der Waals surface area contributed by atoms with Crippen molar-refractivity contribution in [2.24, 2.45) is 0 Å². The predicted octanol–water partition coefficient (Wildman–Crippen LogP) is 3.70. The largest absolute Gasteiger partial charge is 0.294 e. The molecule has 8 rings (SSSR count). The van der Waals surface area contributed by atoms with E-state index in [1.165, 1.54) is 0 Å². The van der Waals surface area contributed by atoms with Gasteiger partial charge < -0.3 is 0 Å². The lowest BCUT2D eigenvalue weighted by atomic mass is 9.61. The monoisotopic (exact) mass is 573 g/mol. The molecule has 0 aliphatic carbocycles. The van der Waals surface area contributed by atoms with Gasteiger partial charge in [0.05, 0.1) is 16.7 Å². The Morgan fingerprint density at radius 1 is 0.478 bits per heavy atom. The van der Waals surface area contributed by atoms with Crippen molar-refractivity contribution in [3.05, 3.63) is 121 Å². The third kappa shape index (κ3) is 4.28. The summed E-state index contributed by atoms with van der Waals surface area (Å²) in [5.74, 6) is 0.657. The van der Waals surface area contributed by atoms with Gasteiger partial charge in [-0.2, -0.15) is 0 Å². The van der Waals surface area contributed by atoms with Gasteiger partial charge in [-0.15, -0.1) is 16.4 Å².